The summed E-state index contributed by atoms with van der Waals surface area (Å²) in [5, 5.41) is 7.40. The molecule has 27 heavy (non-hydrogen) atoms. The molecule has 0 saturated heterocycles. The van der Waals surface area contributed by atoms with Crippen LogP contribution < -0.4 is 10.7 Å². The van der Waals surface area contributed by atoms with Crippen LogP contribution in [-0.4, -0.2) is 24.6 Å². The van der Waals surface area contributed by atoms with Gasteiger partial charge in [0.05, 0.1) is 6.42 Å². The Hall–Kier alpha value is -2.70. The van der Waals surface area contributed by atoms with Gasteiger partial charge in [-0.15, -0.1) is 0 Å². The number of carbonyl (C=O) groups is 2. The van der Waals surface area contributed by atoms with Crippen LogP contribution in [0.1, 0.15) is 30.6 Å². The van der Waals surface area contributed by atoms with E-state index in [1.54, 1.807) is 37.3 Å². The van der Waals surface area contributed by atoms with Crippen molar-refractivity contribution >= 4 is 34.8 Å². The Labute approximate surface area is 163 Å². The third-order valence-corrected chi connectivity index (χ3v) is 4.05. The van der Waals surface area contributed by atoms with Gasteiger partial charge in [0.25, 0.3) is 5.91 Å². The topological polar surface area (TPSA) is 79.8 Å². The van der Waals surface area contributed by atoms with Crippen LogP contribution >= 0.6 is 11.6 Å². The maximum atomic E-state index is 12.3. The number of rotatable bonds is 7. The molecule has 0 spiro atoms. The molecule has 7 heteroatoms. The van der Waals surface area contributed by atoms with Crippen molar-refractivity contribution in [3.63, 3.8) is 0 Å². The lowest BCUT2D eigenvalue weighted by molar-refractivity contribution is -0.131. The first-order valence-electron chi connectivity index (χ1n) is 8.37. The second-order valence-corrected chi connectivity index (χ2v) is 6.47. The van der Waals surface area contributed by atoms with Crippen LogP contribution in [-0.2, 0) is 14.3 Å². The van der Waals surface area contributed by atoms with Crippen LogP contribution in [0, 0.1) is 6.92 Å². The van der Waals surface area contributed by atoms with Gasteiger partial charge in [-0.3, -0.25) is 9.59 Å². The molecular weight excluding hydrogens is 366 g/mol. The Morgan fingerprint density at radius 1 is 1.19 bits per heavy atom. The zero-order chi connectivity index (χ0) is 19.8. The lowest BCUT2D eigenvalue weighted by atomic mass is 10.1. The van der Waals surface area contributed by atoms with Crippen LogP contribution in [0.4, 0.5) is 5.69 Å². The number of methoxy groups -OCH3 is 1. The third kappa shape index (κ3) is 6.20. The molecular formula is C20H22ClN3O3. The third-order valence-electron chi connectivity index (χ3n) is 3.81. The molecule has 142 valence electrons. The van der Waals surface area contributed by atoms with Crippen LogP contribution in [0.2, 0.25) is 5.02 Å². The lowest BCUT2D eigenvalue weighted by Gasteiger charge is -2.14. The SMILES string of the molecule is COC(C(=O)N/N=C(\C)CC(=O)Nc1ccc(Cl)cc1C)c1ccccc1. The maximum absolute atomic E-state index is 12.3. The summed E-state index contributed by atoms with van der Waals surface area (Å²) in [6.45, 7) is 3.52. The highest BCUT2D eigenvalue weighted by Gasteiger charge is 2.19. The predicted molar refractivity (Wildman–Crippen MR) is 107 cm³/mol. The summed E-state index contributed by atoms with van der Waals surface area (Å²) in [5.41, 5.74) is 5.19. The molecule has 1 atom stereocenters. The van der Waals surface area contributed by atoms with E-state index in [4.69, 9.17) is 16.3 Å². The zero-order valence-electron chi connectivity index (χ0n) is 15.5. The molecule has 2 aromatic carbocycles. The molecule has 2 aromatic rings. The molecule has 2 N–H and O–H groups in total. The second kappa shape index (κ2) is 9.85. The molecule has 0 aliphatic rings. The number of carbonyl (C=O) groups excluding carboxylic acids is 2. The molecule has 1 unspecified atom stereocenters. The van der Waals surface area contributed by atoms with Crippen molar-refractivity contribution in [2.75, 3.05) is 12.4 Å². The highest BCUT2D eigenvalue weighted by atomic mass is 35.5. The zero-order valence-corrected chi connectivity index (χ0v) is 16.2. The Kier molecular flexibility index (Phi) is 7.52. The second-order valence-electron chi connectivity index (χ2n) is 6.03. The van der Waals surface area contributed by atoms with Crippen molar-refractivity contribution in [3.05, 3.63) is 64.7 Å². The predicted octanol–water partition coefficient (Wildman–Crippen LogP) is 3.86. The van der Waals surface area contributed by atoms with E-state index in [9.17, 15) is 9.59 Å². The summed E-state index contributed by atoms with van der Waals surface area (Å²) >= 11 is 5.91. The molecule has 0 aromatic heterocycles. The number of halogens is 1. The van der Waals surface area contributed by atoms with E-state index < -0.39 is 12.0 Å². The van der Waals surface area contributed by atoms with E-state index in [-0.39, 0.29) is 12.3 Å². The Morgan fingerprint density at radius 2 is 1.89 bits per heavy atom. The first-order chi connectivity index (χ1) is 12.9. The number of benzene rings is 2. The van der Waals surface area contributed by atoms with Crippen molar-refractivity contribution in [1.82, 2.24) is 5.43 Å². The maximum Gasteiger partial charge on any atom is 0.273 e. The Balaban J connectivity index is 1.92. The number of nitrogens with zero attached hydrogens (tertiary/aromatic N) is 1. The quantitative estimate of drug-likeness (QED) is 0.559. The van der Waals surface area contributed by atoms with E-state index in [1.165, 1.54) is 7.11 Å². The minimum atomic E-state index is -0.770. The smallest absolute Gasteiger partial charge is 0.273 e. The van der Waals surface area contributed by atoms with Crippen LogP contribution in [0.15, 0.2) is 53.6 Å². The summed E-state index contributed by atoms with van der Waals surface area (Å²) in [6.07, 6.45) is -0.723. The Bertz CT molecular complexity index is 838. The number of hydrazone groups is 1. The monoisotopic (exact) mass is 387 g/mol. The fourth-order valence-corrected chi connectivity index (χ4v) is 2.69. The first kappa shape index (κ1) is 20.6. The molecule has 0 aliphatic heterocycles. The van der Waals surface area contributed by atoms with Gasteiger partial charge in [0.1, 0.15) is 0 Å². The van der Waals surface area contributed by atoms with Crippen LogP contribution in [0.3, 0.4) is 0 Å². The van der Waals surface area contributed by atoms with Gasteiger partial charge >= 0.3 is 0 Å². The van der Waals surface area contributed by atoms with Gasteiger partial charge in [-0.2, -0.15) is 5.10 Å². The number of amides is 2. The van der Waals surface area contributed by atoms with Gasteiger partial charge in [-0.25, -0.2) is 5.43 Å². The van der Waals surface area contributed by atoms with Crippen LogP contribution in [0.25, 0.3) is 0 Å². The van der Waals surface area contributed by atoms with Gasteiger partial charge in [-0.05, 0) is 43.2 Å². The van der Waals surface area contributed by atoms with E-state index in [1.807, 2.05) is 25.1 Å². The molecule has 6 nitrogen and oxygen atoms in total. The minimum Gasteiger partial charge on any atom is -0.367 e. The fraction of sp³-hybridized carbons (Fsp3) is 0.250. The lowest BCUT2D eigenvalue weighted by Crippen LogP contribution is -2.28. The summed E-state index contributed by atoms with van der Waals surface area (Å²) in [5.74, 6) is -0.640. The van der Waals surface area contributed by atoms with Gasteiger partial charge < -0.3 is 10.1 Å². The average molecular weight is 388 g/mol. The molecule has 2 amide bonds. The molecule has 2 rings (SSSR count). The van der Waals surface area contributed by atoms with Crippen molar-refractivity contribution < 1.29 is 14.3 Å². The number of nitrogens with one attached hydrogen (secondary N) is 2. The fourth-order valence-electron chi connectivity index (χ4n) is 2.47. The number of anilines is 1. The molecule has 0 saturated carbocycles. The highest BCUT2D eigenvalue weighted by Crippen LogP contribution is 2.20. The highest BCUT2D eigenvalue weighted by molar-refractivity contribution is 6.30. The first-order valence-corrected chi connectivity index (χ1v) is 8.75. The van der Waals surface area contributed by atoms with E-state index in [0.29, 0.717) is 16.4 Å². The number of hydrogen-bond donors (Lipinski definition) is 2. The van der Waals surface area contributed by atoms with E-state index >= 15 is 0 Å². The van der Waals surface area contributed by atoms with Gasteiger partial charge in [0.15, 0.2) is 6.10 Å². The summed E-state index contributed by atoms with van der Waals surface area (Å²) in [6, 6.07) is 14.3. The largest absolute Gasteiger partial charge is 0.367 e. The van der Waals surface area contributed by atoms with Crippen molar-refractivity contribution in [3.8, 4) is 0 Å². The summed E-state index contributed by atoms with van der Waals surface area (Å²) in [7, 11) is 1.45. The van der Waals surface area contributed by atoms with E-state index in [2.05, 4.69) is 15.8 Å². The van der Waals surface area contributed by atoms with Crippen molar-refractivity contribution in [2.24, 2.45) is 5.10 Å². The molecule has 0 bridgehead atoms. The number of ether oxygens (including phenoxy) is 1. The average Bonchev–Trinajstić information content (AvgIpc) is 2.64. The molecule has 0 radical (unpaired) electrons. The van der Waals surface area contributed by atoms with Crippen LogP contribution in [0.5, 0.6) is 0 Å². The number of aryl methyl sites for hydroxylation is 1. The van der Waals surface area contributed by atoms with Crippen molar-refractivity contribution in [1.29, 1.82) is 0 Å². The van der Waals surface area contributed by atoms with Gasteiger partial charge in [0.2, 0.25) is 5.91 Å². The van der Waals surface area contributed by atoms with E-state index in [0.717, 1.165) is 11.1 Å². The molecule has 0 aliphatic carbocycles. The molecule has 0 fully saturated rings. The summed E-state index contributed by atoms with van der Waals surface area (Å²) in [4.78, 5) is 24.4. The normalized spacial score (nSPS) is 12.4. The molecule has 0 heterocycles. The minimum absolute atomic E-state index is 0.0470. The van der Waals surface area contributed by atoms with Gasteiger partial charge in [0, 0.05) is 23.5 Å². The van der Waals surface area contributed by atoms with Gasteiger partial charge in [-0.1, -0.05) is 41.9 Å². The summed E-state index contributed by atoms with van der Waals surface area (Å²) < 4.78 is 5.24. The number of hydrogen-bond acceptors (Lipinski definition) is 4. The standard InChI is InChI=1S/C20H22ClN3O3/c1-13-11-16(21)9-10-17(13)22-18(25)12-14(2)23-24-20(26)19(27-3)15-7-5-4-6-8-15/h4-11,19H,12H2,1-3H3,(H,22,25)(H,24,26)/b23-14+. The Morgan fingerprint density at radius 3 is 2.52 bits per heavy atom. The van der Waals surface area contributed by atoms with Crippen molar-refractivity contribution in [2.45, 2.75) is 26.4 Å².